The van der Waals surface area contributed by atoms with Crippen LogP contribution >= 0.6 is 15.9 Å². The van der Waals surface area contributed by atoms with Crippen molar-refractivity contribution in [2.45, 2.75) is 26.5 Å². The summed E-state index contributed by atoms with van der Waals surface area (Å²) in [6, 6.07) is 0. The van der Waals surface area contributed by atoms with E-state index in [0.29, 0.717) is 17.6 Å². The molecule has 0 aliphatic heterocycles. The Morgan fingerprint density at radius 2 is 2.20 bits per heavy atom. The predicted molar refractivity (Wildman–Crippen MR) is 63.9 cm³/mol. The largest absolute Gasteiger partial charge is 0.394 e. The second-order valence-corrected chi connectivity index (χ2v) is 4.40. The molecule has 1 aromatic heterocycles. The summed E-state index contributed by atoms with van der Waals surface area (Å²) in [5.41, 5.74) is 5.62. The van der Waals surface area contributed by atoms with Crippen molar-refractivity contribution in [1.82, 2.24) is 4.57 Å². The molecule has 1 aromatic rings. The van der Waals surface area contributed by atoms with Gasteiger partial charge in [-0.2, -0.15) is 0 Å². The van der Waals surface area contributed by atoms with Gasteiger partial charge in [-0.15, -0.1) is 0 Å². The number of ether oxygens (including phenoxy) is 1. The highest BCUT2D eigenvalue weighted by molar-refractivity contribution is 9.10. The number of pyridine rings is 1. The summed E-state index contributed by atoms with van der Waals surface area (Å²) in [4.78, 5) is 11.3. The van der Waals surface area contributed by atoms with Crippen molar-refractivity contribution >= 4 is 21.6 Å². The molecule has 1 rings (SSSR count). The van der Waals surface area contributed by atoms with E-state index in [9.17, 15) is 4.79 Å². The zero-order chi connectivity index (χ0) is 11.4. The molecule has 2 N–H and O–H groups in total. The monoisotopic (exact) mass is 274 g/mol. The third kappa shape index (κ3) is 3.68. The second kappa shape index (κ2) is 5.32. The van der Waals surface area contributed by atoms with Crippen LogP contribution in [0.4, 0.5) is 5.69 Å². The van der Waals surface area contributed by atoms with E-state index in [4.69, 9.17) is 10.5 Å². The van der Waals surface area contributed by atoms with Gasteiger partial charge in [0.05, 0.1) is 22.9 Å². The van der Waals surface area contributed by atoms with Crippen LogP contribution in [-0.4, -0.2) is 17.3 Å². The van der Waals surface area contributed by atoms with Crippen molar-refractivity contribution in [2.24, 2.45) is 0 Å². The van der Waals surface area contributed by atoms with Gasteiger partial charge in [0.1, 0.15) is 0 Å². The summed E-state index contributed by atoms with van der Waals surface area (Å²) in [5.74, 6) is 0. The average molecular weight is 275 g/mol. The molecular formula is C10H15BrN2O2. The summed E-state index contributed by atoms with van der Waals surface area (Å²) < 4.78 is 7.72. The number of anilines is 1. The maximum atomic E-state index is 11.3. The maximum Gasteiger partial charge on any atom is 0.218 e. The molecule has 0 saturated heterocycles. The normalized spacial score (nSPS) is 10.9. The lowest BCUT2D eigenvalue weighted by atomic mass is 10.4. The smallest absolute Gasteiger partial charge is 0.218 e. The van der Waals surface area contributed by atoms with Gasteiger partial charge >= 0.3 is 0 Å². The van der Waals surface area contributed by atoms with E-state index in [-0.39, 0.29) is 17.2 Å². The third-order valence-corrected chi connectivity index (χ3v) is 2.43. The van der Waals surface area contributed by atoms with Crippen molar-refractivity contribution in [1.29, 1.82) is 0 Å². The molecule has 4 nitrogen and oxygen atoms in total. The molecule has 0 spiro atoms. The van der Waals surface area contributed by atoms with E-state index >= 15 is 0 Å². The van der Waals surface area contributed by atoms with Gasteiger partial charge in [0.2, 0.25) is 5.43 Å². The molecule has 0 aromatic carbocycles. The van der Waals surface area contributed by atoms with Gasteiger partial charge in [-0.25, -0.2) is 0 Å². The van der Waals surface area contributed by atoms with Crippen molar-refractivity contribution in [3.8, 4) is 0 Å². The number of aromatic nitrogens is 1. The van der Waals surface area contributed by atoms with E-state index in [2.05, 4.69) is 15.9 Å². The Morgan fingerprint density at radius 3 is 2.73 bits per heavy atom. The van der Waals surface area contributed by atoms with Gasteiger partial charge in [0, 0.05) is 18.9 Å². The Morgan fingerprint density at radius 1 is 1.53 bits per heavy atom. The molecule has 5 heteroatoms. The number of rotatable bonds is 4. The van der Waals surface area contributed by atoms with Gasteiger partial charge in [0.25, 0.3) is 0 Å². The molecule has 0 radical (unpaired) electrons. The standard InChI is InChI=1S/C10H15BrN2O2/c1-7(2)15-4-3-13-5-8(11)10(14)9(12)6-13/h5-7H,3-4,12H2,1-2H3. The number of halogens is 1. The molecular weight excluding hydrogens is 260 g/mol. The Bertz CT molecular complexity index is 361. The van der Waals surface area contributed by atoms with Crippen LogP contribution in [0.1, 0.15) is 13.8 Å². The Labute approximate surface area is 97.2 Å². The summed E-state index contributed by atoms with van der Waals surface area (Å²) >= 11 is 3.16. The zero-order valence-electron chi connectivity index (χ0n) is 8.87. The van der Waals surface area contributed by atoms with Gasteiger partial charge < -0.3 is 15.0 Å². The van der Waals surface area contributed by atoms with E-state index in [0.717, 1.165) is 0 Å². The van der Waals surface area contributed by atoms with Crippen LogP contribution in [0.15, 0.2) is 21.7 Å². The molecule has 0 fully saturated rings. The van der Waals surface area contributed by atoms with Crippen LogP contribution in [0, 0.1) is 0 Å². The zero-order valence-corrected chi connectivity index (χ0v) is 10.5. The molecule has 1 heterocycles. The first-order valence-electron chi connectivity index (χ1n) is 4.77. The molecule has 0 aliphatic rings. The predicted octanol–water partition coefficient (Wildman–Crippen LogP) is 1.62. The minimum atomic E-state index is -0.170. The van der Waals surface area contributed by atoms with E-state index in [1.165, 1.54) is 0 Å². The number of hydrogen-bond acceptors (Lipinski definition) is 3. The molecule has 0 saturated carbocycles. The summed E-state index contributed by atoms with van der Waals surface area (Å²) in [7, 11) is 0. The first-order valence-corrected chi connectivity index (χ1v) is 5.56. The minimum absolute atomic E-state index is 0.170. The topological polar surface area (TPSA) is 57.2 Å². The SMILES string of the molecule is CC(C)OCCn1cc(N)c(=O)c(Br)c1. The van der Waals surface area contributed by atoms with Gasteiger partial charge in [-0.05, 0) is 29.8 Å². The average Bonchev–Trinajstić information content (AvgIpc) is 2.13. The second-order valence-electron chi connectivity index (χ2n) is 3.55. The fourth-order valence-electron chi connectivity index (χ4n) is 1.14. The molecule has 0 unspecified atom stereocenters. The Balaban J connectivity index is 2.67. The Hall–Kier alpha value is -0.810. The molecule has 0 atom stereocenters. The van der Waals surface area contributed by atoms with Crippen molar-refractivity contribution in [3.05, 3.63) is 27.1 Å². The quantitative estimate of drug-likeness (QED) is 0.908. The molecule has 84 valence electrons. The minimum Gasteiger partial charge on any atom is -0.394 e. The number of nitrogens with two attached hydrogens (primary N) is 1. The lowest BCUT2D eigenvalue weighted by Crippen LogP contribution is -2.16. The maximum absolute atomic E-state index is 11.3. The van der Waals surface area contributed by atoms with E-state index < -0.39 is 0 Å². The van der Waals surface area contributed by atoms with Crippen molar-refractivity contribution < 1.29 is 4.74 Å². The van der Waals surface area contributed by atoms with Gasteiger partial charge in [-0.1, -0.05) is 0 Å². The third-order valence-electron chi connectivity index (χ3n) is 1.86. The molecule has 0 bridgehead atoms. The van der Waals surface area contributed by atoms with Crippen molar-refractivity contribution in [3.63, 3.8) is 0 Å². The first kappa shape index (κ1) is 12.3. The first-order chi connectivity index (χ1) is 7.00. The van der Waals surface area contributed by atoms with E-state index in [1.54, 1.807) is 12.4 Å². The highest BCUT2D eigenvalue weighted by Gasteiger charge is 2.02. The number of nitrogen functional groups attached to an aromatic ring is 1. The lowest BCUT2D eigenvalue weighted by Gasteiger charge is -2.10. The summed E-state index contributed by atoms with van der Waals surface area (Å²) in [6.07, 6.45) is 3.55. The van der Waals surface area contributed by atoms with Crippen LogP contribution in [0.2, 0.25) is 0 Å². The van der Waals surface area contributed by atoms with Gasteiger partial charge in [-0.3, -0.25) is 4.79 Å². The Kier molecular flexibility index (Phi) is 4.35. The molecule has 0 aliphatic carbocycles. The number of hydrogen-bond donors (Lipinski definition) is 1. The van der Waals surface area contributed by atoms with Crippen molar-refractivity contribution in [2.75, 3.05) is 12.3 Å². The van der Waals surface area contributed by atoms with Crippen LogP contribution in [0.25, 0.3) is 0 Å². The number of nitrogens with zero attached hydrogens (tertiary/aromatic N) is 1. The highest BCUT2D eigenvalue weighted by atomic mass is 79.9. The fourth-order valence-corrected chi connectivity index (χ4v) is 1.63. The van der Waals surface area contributed by atoms with Gasteiger partial charge in [0.15, 0.2) is 0 Å². The molecule has 15 heavy (non-hydrogen) atoms. The van der Waals surface area contributed by atoms with E-state index in [1.807, 2.05) is 18.4 Å². The van der Waals surface area contributed by atoms with Crippen LogP contribution in [-0.2, 0) is 11.3 Å². The van der Waals surface area contributed by atoms with Crippen LogP contribution in [0.3, 0.4) is 0 Å². The fraction of sp³-hybridized carbons (Fsp3) is 0.500. The highest BCUT2D eigenvalue weighted by Crippen LogP contribution is 2.06. The molecule has 0 amide bonds. The summed E-state index contributed by atoms with van der Waals surface area (Å²) in [6.45, 7) is 5.25. The van der Waals surface area contributed by atoms with Crippen LogP contribution < -0.4 is 11.2 Å². The lowest BCUT2D eigenvalue weighted by molar-refractivity contribution is 0.0727. The summed E-state index contributed by atoms with van der Waals surface area (Å²) in [5, 5.41) is 0. The van der Waals surface area contributed by atoms with Crippen LogP contribution in [0.5, 0.6) is 0 Å².